The van der Waals surface area contributed by atoms with Crippen LogP contribution in [0.25, 0.3) is 0 Å². The average molecular weight is 358 g/mol. The number of piperidine rings is 1. The van der Waals surface area contributed by atoms with Crippen LogP contribution in [-0.2, 0) is 0 Å². The van der Waals surface area contributed by atoms with Crippen molar-refractivity contribution in [3.05, 3.63) is 28.8 Å². The van der Waals surface area contributed by atoms with Gasteiger partial charge in [0.2, 0.25) is 0 Å². The largest absolute Gasteiger partial charge is 0.370 e. The minimum absolute atomic E-state index is 0.426. The van der Waals surface area contributed by atoms with Crippen LogP contribution >= 0.6 is 11.6 Å². The van der Waals surface area contributed by atoms with E-state index in [-0.39, 0.29) is 0 Å². The second kappa shape index (κ2) is 5.89. The van der Waals surface area contributed by atoms with E-state index < -0.39 is 0 Å². The van der Waals surface area contributed by atoms with Crippen LogP contribution in [0, 0.1) is 22.2 Å². The number of rotatable bonds is 2. The molecule has 3 nitrogen and oxygen atoms in total. The van der Waals surface area contributed by atoms with E-state index in [1.807, 2.05) is 12.1 Å². The number of hydrogen-bond donors (Lipinski definition) is 0. The van der Waals surface area contributed by atoms with Crippen LogP contribution in [0.15, 0.2) is 18.2 Å². The van der Waals surface area contributed by atoms with E-state index in [4.69, 9.17) is 16.9 Å². The molecule has 25 heavy (non-hydrogen) atoms. The summed E-state index contributed by atoms with van der Waals surface area (Å²) in [5.41, 5.74) is 2.70. The number of halogens is 1. The van der Waals surface area contributed by atoms with Crippen molar-refractivity contribution >= 4 is 17.3 Å². The van der Waals surface area contributed by atoms with Crippen molar-refractivity contribution in [3.8, 4) is 6.07 Å². The molecule has 4 aliphatic rings. The standard InChI is InChI=1S/C21H28ClN3/c1-20(2,3)21-11-17(12-21)25(14-21)16-6-8-24(9-7-16)19-5-4-15(13-23)10-18(19)22/h4-5,10,16-17H,6-9,11-12,14H2,1-3H3. The normalized spacial score (nSPS) is 30.2. The molecule has 0 aromatic heterocycles. The summed E-state index contributed by atoms with van der Waals surface area (Å²) in [5, 5.41) is 9.70. The fraction of sp³-hybridized carbons (Fsp3) is 0.667. The quantitative estimate of drug-likeness (QED) is 0.769. The first kappa shape index (κ1) is 17.2. The Balaban J connectivity index is 1.39. The third-order valence-electron chi connectivity index (χ3n) is 7.15. The third-order valence-corrected chi connectivity index (χ3v) is 7.45. The fourth-order valence-corrected chi connectivity index (χ4v) is 5.53. The van der Waals surface area contributed by atoms with Crippen LogP contribution in [0.1, 0.15) is 52.0 Å². The van der Waals surface area contributed by atoms with Crippen molar-refractivity contribution in [2.75, 3.05) is 24.5 Å². The summed E-state index contributed by atoms with van der Waals surface area (Å²) in [5.74, 6) is 0. The molecule has 3 aliphatic heterocycles. The molecule has 0 spiro atoms. The molecule has 0 radical (unpaired) electrons. The van der Waals surface area contributed by atoms with Crippen molar-refractivity contribution in [2.45, 2.75) is 58.5 Å². The topological polar surface area (TPSA) is 30.3 Å². The third kappa shape index (κ3) is 2.75. The molecule has 1 saturated carbocycles. The molecule has 134 valence electrons. The van der Waals surface area contributed by atoms with Crippen LogP contribution in [0.4, 0.5) is 5.69 Å². The van der Waals surface area contributed by atoms with E-state index >= 15 is 0 Å². The van der Waals surface area contributed by atoms with Gasteiger partial charge in [0.1, 0.15) is 0 Å². The molecule has 4 fully saturated rings. The van der Waals surface area contributed by atoms with E-state index in [1.54, 1.807) is 6.07 Å². The monoisotopic (exact) mass is 357 g/mol. The zero-order chi connectivity index (χ0) is 17.8. The summed E-state index contributed by atoms with van der Waals surface area (Å²) in [6.45, 7) is 10.7. The van der Waals surface area contributed by atoms with Gasteiger partial charge in [-0.3, -0.25) is 4.90 Å². The molecule has 0 unspecified atom stereocenters. The Morgan fingerprint density at radius 3 is 2.36 bits per heavy atom. The SMILES string of the molecule is CC(C)(C)C12CC(C1)N(C1CCN(c3ccc(C#N)cc3Cl)CC1)C2. The average Bonchev–Trinajstić information content (AvgIpc) is 3.11. The Bertz CT molecular complexity index is 701. The molecular formula is C21H28ClN3. The molecule has 0 atom stereocenters. The number of nitriles is 1. The summed E-state index contributed by atoms with van der Waals surface area (Å²) in [7, 11) is 0. The van der Waals surface area contributed by atoms with Gasteiger partial charge in [-0.1, -0.05) is 32.4 Å². The van der Waals surface area contributed by atoms with E-state index in [2.05, 4.69) is 36.6 Å². The Morgan fingerprint density at radius 1 is 1.16 bits per heavy atom. The lowest BCUT2D eigenvalue weighted by atomic mass is 9.56. The predicted molar refractivity (Wildman–Crippen MR) is 103 cm³/mol. The molecule has 1 aliphatic carbocycles. The van der Waals surface area contributed by atoms with E-state index in [9.17, 15) is 0 Å². The molecule has 1 aromatic carbocycles. The zero-order valence-electron chi connectivity index (χ0n) is 15.6. The number of hydrogen-bond acceptors (Lipinski definition) is 3. The second-order valence-corrected chi connectivity index (χ2v) is 9.67. The lowest BCUT2D eigenvalue weighted by Gasteiger charge is -2.48. The maximum atomic E-state index is 9.00. The highest BCUT2D eigenvalue weighted by atomic mass is 35.5. The van der Waals surface area contributed by atoms with E-state index in [0.29, 0.717) is 21.4 Å². The van der Waals surface area contributed by atoms with Crippen LogP contribution < -0.4 is 4.90 Å². The molecule has 1 aromatic rings. The van der Waals surface area contributed by atoms with Crippen molar-refractivity contribution in [1.29, 1.82) is 5.26 Å². The predicted octanol–water partition coefficient (Wildman–Crippen LogP) is 4.69. The second-order valence-electron chi connectivity index (χ2n) is 9.26. The van der Waals surface area contributed by atoms with Gasteiger partial charge in [0.25, 0.3) is 0 Å². The maximum Gasteiger partial charge on any atom is 0.0992 e. The summed E-state index contributed by atoms with van der Waals surface area (Å²) in [6.07, 6.45) is 5.23. The van der Waals surface area contributed by atoms with Crippen molar-refractivity contribution < 1.29 is 0 Å². The summed E-state index contributed by atoms with van der Waals surface area (Å²) in [4.78, 5) is 5.21. The smallest absolute Gasteiger partial charge is 0.0992 e. The van der Waals surface area contributed by atoms with Gasteiger partial charge in [0.15, 0.2) is 0 Å². The summed E-state index contributed by atoms with van der Waals surface area (Å²) in [6, 6.07) is 9.37. The maximum absolute atomic E-state index is 9.00. The van der Waals surface area contributed by atoms with Crippen molar-refractivity contribution in [3.63, 3.8) is 0 Å². The Morgan fingerprint density at radius 2 is 1.84 bits per heavy atom. The van der Waals surface area contributed by atoms with Gasteiger partial charge in [0.05, 0.1) is 22.3 Å². The molecule has 3 heterocycles. The van der Waals surface area contributed by atoms with Crippen LogP contribution in [0.5, 0.6) is 0 Å². The Labute approximate surface area is 156 Å². The van der Waals surface area contributed by atoms with Gasteiger partial charge in [0, 0.05) is 31.7 Å². The lowest BCUT2D eigenvalue weighted by Crippen LogP contribution is -2.46. The Hall–Kier alpha value is -1.24. The molecule has 3 saturated heterocycles. The molecule has 0 amide bonds. The number of fused-ring (bicyclic) bond motifs is 1. The summed E-state index contributed by atoms with van der Waals surface area (Å²) >= 11 is 6.40. The van der Waals surface area contributed by atoms with Gasteiger partial charge in [-0.05, 0) is 54.7 Å². The molecular weight excluding hydrogens is 330 g/mol. The highest BCUT2D eigenvalue weighted by Crippen LogP contribution is 2.61. The minimum Gasteiger partial charge on any atom is -0.370 e. The van der Waals surface area contributed by atoms with Gasteiger partial charge in [-0.2, -0.15) is 5.26 Å². The lowest BCUT2D eigenvalue weighted by molar-refractivity contribution is 0.0405. The van der Waals surface area contributed by atoms with Crippen molar-refractivity contribution in [2.24, 2.45) is 10.8 Å². The number of anilines is 1. The van der Waals surface area contributed by atoms with Crippen LogP contribution in [0.3, 0.4) is 0 Å². The minimum atomic E-state index is 0.426. The highest BCUT2D eigenvalue weighted by molar-refractivity contribution is 6.33. The van der Waals surface area contributed by atoms with Gasteiger partial charge < -0.3 is 4.90 Å². The van der Waals surface area contributed by atoms with Gasteiger partial charge >= 0.3 is 0 Å². The summed E-state index contributed by atoms with van der Waals surface area (Å²) < 4.78 is 0. The first-order valence-corrected chi connectivity index (χ1v) is 9.91. The molecule has 2 bridgehead atoms. The number of benzene rings is 1. The van der Waals surface area contributed by atoms with E-state index in [1.165, 1.54) is 32.2 Å². The van der Waals surface area contributed by atoms with Gasteiger partial charge in [-0.25, -0.2) is 0 Å². The Kier molecular flexibility index (Phi) is 4.05. The van der Waals surface area contributed by atoms with Gasteiger partial charge in [-0.15, -0.1) is 0 Å². The van der Waals surface area contributed by atoms with Crippen LogP contribution in [0.2, 0.25) is 5.02 Å². The van der Waals surface area contributed by atoms with E-state index in [0.717, 1.165) is 30.9 Å². The molecule has 0 N–H and O–H groups in total. The zero-order valence-corrected chi connectivity index (χ0v) is 16.3. The van der Waals surface area contributed by atoms with Crippen molar-refractivity contribution in [1.82, 2.24) is 4.90 Å². The molecule has 4 heteroatoms. The highest BCUT2D eigenvalue weighted by Gasteiger charge is 2.61. The first-order valence-electron chi connectivity index (χ1n) is 9.53. The molecule has 5 rings (SSSR count). The number of nitrogens with zero attached hydrogens (tertiary/aromatic N) is 3. The first-order chi connectivity index (χ1) is 11.8. The fourth-order valence-electron chi connectivity index (χ4n) is 5.23. The van der Waals surface area contributed by atoms with Crippen LogP contribution in [-0.4, -0.2) is 36.6 Å².